The molecule has 0 unspecified atom stereocenters. The summed E-state index contributed by atoms with van der Waals surface area (Å²) in [5.41, 5.74) is 0. The fourth-order valence-corrected chi connectivity index (χ4v) is 0.871. The van der Waals surface area contributed by atoms with Crippen molar-refractivity contribution in [1.29, 1.82) is 0 Å². The van der Waals surface area contributed by atoms with Gasteiger partial charge in [-0.15, -0.1) is 0 Å². The number of nitrogens with one attached hydrogen (secondary N) is 2. The maximum Gasteiger partial charge on any atom is 0.243 e. The quantitative estimate of drug-likeness (QED) is 0.491. The third-order valence-electron chi connectivity index (χ3n) is 1.12. The topological polar surface area (TPSA) is 58.2 Å². The zero-order valence-corrected chi connectivity index (χ0v) is 7.44. The molecule has 64 valence electrons. The molecule has 0 radical (unpaired) electrons. The second-order valence-corrected chi connectivity index (χ2v) is 2.42. The van der Waals surface area contributed by atoms with Crippen LogP contribution in [0.4, 0.5) is 0 Å². The third-order valence-corrected chi connectivity index (χ3v) is 1.49. The normalized spacial score (nSPS) is 11.9. The van der Waals surface area contributed by atoms with Gasteiger partial charge in [-0.1, -0.05) is 0 Å². The van der Waals surface area contributed by atoms with Crippen LogP contribution >= 0.6 is 12.6 Å². The van der Waals surface area contributed by atoms with E-state index in [9.17, 15) is 9.59 Å². The molecule has 0 aromatic rings. The van der Waals surface area contributed by atoms with Crippen molar-refractivity contribution in [2.45, 2.75) is 13.0 Å². The van der Waals surface area contributed by atoms with Crippen LogP contribution in [0.1, 0.15) is 6.92 Å². The highest BCUT2D eigenvalue weighted by Crippen LogP contribution is 1.87. The van der Waals surface area contributed by atoms with Gasteiger partial charge in [0.2, 0.25) is 11.8 Å². The predicted molar refractivity (Wildman–Crippen MR) is 45.5 cm³/mol. The summed E-state index contributed by atoms with van der Waals surface area (Å²) in [4.78, 5) is 21.4. The molecule has 0 spiro atoms. The molecule has 0 saturated carbocycles. The van der Waals surface area contributed by atoms with E-state index >= 15 is 0 Å². The van der Waals surface area contributed by atoms with Crippen LogP contribution in [-0.2, 0) is 9.59 Å². The summed E-state index contributed by atoms with van der Waals surface area (Å²) < 4.78 is 0. The van der Waals surface area contributed by atoms with Gasteiger partial charge in [-0.05, 0) is 0 Å². The first-order chi connectivity index (χ1) is 5.11. The Kier molecular flexibility index (Phi) is 4.69. The fraction of sp³-hybridized carbons (Fsp3) is 0.667. The van der Waals surface area contributed by atoms with Gasteiger partial charge in [0, 0.05) is 19.7 Å². The van der Waals surface area contributed by atoms with Gasteiger partial charge in [0.1, 0.15) is 6.04 Å². The number of carbonyl (C=O) groups is 2. The zero-order valence-electron chi connectivity index (χ0n) is 6.55. The molecule has 4 nitrogen and oxygen atoms in total. The Morgan fingerprint density at radius 1 is 1.55 bits per heavy atom. The molecule has 0 heterocycles. The Balaban J connectivity index is 3.94. The van der Waals surface area contributed by atoms with Crippen LogP contribution in [-0.4, -0.2) is 30.7 Å². The van der Waals surface area contributed by atoms with Gasteiger partial charge in [-0.2, -0.15) is 12.6 Å². The number of amides is 2. The van der Waals surface area contributed by atoms with Gasteiger partial charge < -0.3 is 10.6 Å². The minimum absolute atomic E-state index is 0.227. The standard InChI is InChI=1S/C6H12N2O2S/c1-4(9)8-5(3-11)6(10)7-2/h5,11H,3H2,1-2H3,(H,7,10)(H,8,9)/t5-/m0/s1. The van der Waals surface area contributed by atoms with Gasteiger partial charge in [0.05, 0.1) is 0 Å². The van der Waals surface area contributed by atoms with E-state index in [4.69, 9.17) is 0 Å². The lowest BCUT2D eigenvalue weighted by atomic mass is 10.3. The molecule has 0 saturated heterocycles. The van der Waals surface area contributed by atoms with Gasteiger partial charge in [-0.25, -0.2) is 0 Å². The van der Waals surface area contributed by atoms with Crippen LogP contribution in [0, 0.1) is 0 Å². The van der Waals surface area contributed by atoms with Crippen LogP contribution < -0.4 is 10.6 Å². The molecular weight excluding hydrogens is 164 g/mol. The molecule has 2 amide bonds. The number of thiol groups is 1. The zero-order chi connectivity index (χ0) is 8.85. The molecule has 2 N–H and O–H groups in total. The van der Waals surface area contributed by atoms with Crippen molar-refractivity contribution in [2.75, 3.05) is 12.8 Å². The number of likely N-dealkylation sites (N-methyl/N-ethyl adjacent to an activating group) is 1. The lowest BCUT2D eigenvalue weighted by molar-refractivity contribution is -0.127. The maximum atomic E-state index is 10.9. The van der Waals surface area contributed by atoms with Crippen LogP contribution in [0.15, 0.2) is 0 Å². The predicted octanol–water partition coefficient (Wildman–Crippen LogP) is -0.833. The minimum atomic E-state index is -0.527. The first-order valence-corrected chi connectivity index (χ1v) is 3.84. The summed E-state index contributed by atoms with van der Waals surface area (Å²) in [6.07, 6.45) is 0. The van der Waals surface area contributed by atoms with Crippen molar-refractivity contribution >= 4 is 24.4 Å². The summed E-state index contributed by atoms with van der Waals surface area (Å²) in [6.45, 7) is 1.36. The number of hydrogen-bond donors (Lipinski definition) is 3. The van der Waals surface area contributed by atoms with E-state index in [0.717, 1.165) is 0 Å². The van der Waals surface area contributed by atoms with Gasteiger partial charge in [-0.3, -0.25) is 9.59 Å². The molecule has 0 aromatic carbocycles. The minimum Gasteiger partial charge on any atom is -0.357 e. The second-order valence-electron chi connectivity index (χ2n) is 2.05. The van der Waals surface area contributed by atoms with Gasteiger partial charge >= 0.3 is 0 Å². The average Bonchev–Trinajstić information content (AvgIpc) is 1.98. The Morgan fingerprint density at radius 2 is 2.09 bits per heavy atom. The van der Waals surface area contributed by atoms with E-state index in [2.05, 4.69) is 23.3 Å². The van der Waals surface area contributed by atoms with Crippen molar-refractivity contribution in [2.24, 2.45) is 0 Å². The summed E-state index contributed by atoms with van der Waals surface area (Å²) in [6, 6.07) is -0.527. The molecule has 1 atom stereocenters. The SMILES string of the molecule is CNC(=O)[C@H](CS)NC(C)=O. The Labute approximate surface area is 71.1 Å². The molecule has 5 heteroatoms. The van der Waals surface area contributed by atoms with E-state index in [0.29, 0.717) is 5.75 Å². The number of carbonyl (C=O) groups excluding carboxylic acids is 2. The number of hydrogen-bond acceptors (Lipinski definition) is 3. The van der Waals surface area contributed by atoms with E-state index in [-0.39, 0.29) is 11.8 Å². The van der Waals surface area contributed by atoms with Crippen molar-refractivity contribution in [3.8, 4) is 0 Å². The largest absolute Gasteiger partial charge is 0.357 e. The Bertz CT molecular complexity index is 161. The highest BCUT2D eigenvalue weighted by atomic mass is 32.1. The van der Waals surface area contributed by atoms with Crippen molar-refractivity contribution in [3.63, 3.8) is 0 Å². The maximum absolute atomic E-state index is 10.9. The smallest absolute Gasteiger partial charge is 0.243 e. The van der Waals surface area contributed by atoms with Gasteiger partial charge in [0.15, 0.2) is 0 Å². The molecule has 0 aromatic heterocycles. The average molecular weight is 176 g/mol. The lowest BCUT2D eigenvalue weighted by Crippen LogP contribution is -2.46. The summed E-state index contributed by atoms with van der Waals surface area (Å²) >= 11 is 3.91. The van der Waals surface area contributed by atoms with E-state index in [1.807, 2.05) is 0 Å². The monoisotopic (exact) mass is 176 g/mol. The van der Waals surface area contributed by atoms with E-state index in [1.165, 1.54) is 14.0 Å². The first-order valence-electron chi connectivity index (χ1n) is 3.21. The van der Waals surface area contributed by atoms with Crippen LogP contribution in [0.3, 0.4) is 0 Å². The van der Waals surface area contributed by atoms with Crippen molar-refractivity contribution < 1.29 is 9.59 Å². The van der Waals surface area contributed by atoms with Crippen LogP contribution in [0.2, 0.25) is 0 Å². The Morgan fingerprint density at radius 3 is 2.36 bits per heavy atom. The summed E-state index contributed by atoms with van der Waals surface area (Å²) in [5.74, 6) is -0.151. The Hall–Kier alpha value is -0.710. The molecule has 0 rings (SSSR count). The molecule has 0 aliphatic rings. The van der Waals surface area contributed by atoms with E-state index < -0.39 is 6.04 Å². The summed E-state index contributed by atoms with van der Waals surface area (Å²) in [5, 5.41) is 4.87. The van der Waals surface area contributed by atoms with Gasteiger partial charge in [0.25, 0.3) is 0 Å². The second kappa shape index (κ2) is 5.01. The third kappa shape index (κ3) is 3.87. The summed E-state index contributed by atoms with van der Waals surface area (Å²) in [7, 11) is 1.51. The molecular formula is C6H12N2O2S. The molecule has 0 aliphatic heterocycles. The number of rotatable bonds is 3. The van der Waals surface area contributed by atoms with Crippen molar-refractivity contribution in [3.05, 3.63) is 0 Å². The highest BCUT2D eigenvalue weighted by molar-refractivity contribution is 7.80. The molecule has 0 bridgehead atoms. The highest BCUT2D eigenvalue weighted by Gasteiger charge is 2.14. The first kappa shape index (κ1) is 10.3. The van der Waals surface area contributed by atoms with Crippen LogP contribution in [0.25, 0.3) is 0 Å². The van der Waals surface area contributed by atoms with Crippen LogP contribution in [0.5, 0.6) is 0 Å². The molecule has 11 heavy (non-hydrogen) atoms. The van der Waals surface area contributed by atoms with Crippen molar-refractivity contribution in [1.82, 2.24) is 10.6 Å². The van der Waals surface area contributed by atoms with E-state index in [1.54, 1.807) is 0 Å². The lowest BCUT2D eigenvalue weighted by Gasteiger charge is -2.12. The molecule has 0 aliphatic carbocycles. The molecule has 0 fully saturated rings. The fourth-order valence-electron chi connectivity index (χ4n) is 0.614.